The fraction of sp³-hybridized carbons (Fsp3) is 0.286. The van der Waals surface area contributed by atoms with Gasteiger partial charge in [-0.3, -0.25) is 0 Å². The van der Waals surface area contributed by atoms with E-state index < -0.39 is 0 Å². The van der Waals surface area contributed by atoms with E-state index in [0.29, 0.717) is 0 Å². The maximum absolute atomic E-state index is 3.77. The highest BCUT2D eigenvalue weighted by molar-refractivity contribution is 7.37. The molecular formula is C14H20P2. The highest BCUT2D eigenvalue weighted by Crippen LogP contribution is 2.26. The zero-order chi connectivity index (χ0) is 11.6. The van der Waals surface area contributed by atoms with E-state index in [4.69, 9.17) is 0 Å². The molecule has 0 aromatic heterocycles. The third-order valence-corrected chi connectivity index (χ3v) is 4.74. The average molecular weight is 250 g/mol. The Balaban J connectivity index is 2.52. The second kappa shape index (κ2) is 8.68. The van der Waals surface area contributed by atoms with Gasteiger partial charge in [0.1, 0.15) is 0 Å². The van der Waals surface area contributed by atoms with Crippen LogP contribution >= 0.6 is 17.2 Å². The van der Waals surface area contributed by atoms with Crippen molar-refractivity contribution in [3.8, 4) is 0 Å². The first-order valence-corrected chi connectivity index (χ1v) is 8.41. The van der Waals surface area contributed by atoms with Gasteiger partial charge in [-0.05, 0) is 35.8 Å². The molecule has 0 bridgehead atoms. The van der Waals surface area contributed by atoms with Crippen LogP contribution in [0, 0.1) is 0 Å². The van der Waals surface area contributed by atoms with E-state index >= 15 is 0 Å². The summed E-state index contributed by atoms with van der Waals surface area (Å²) < 4.78 is 0. The molecule has 0 N–H and O–H groups in total. The number of hydrogen-bond donors (Lipinski definition) is 0. The quantitative estimate of drug-likeness (QED) is 0.364. The van der Waals surface area contributed by atoms with Gasteiger partial charge in [-0.1, -0.05) is 36.4 Å². The minimum Gasteiger partial charge on any atom is -0.114 e. The van der Waals surface area contributed by atoms with E-state index in [0.717, 1.165) is 29.5 Å². The highest BCUT2D eigenvalue weighted by Gasteiger charge is 2.00. The zero-order valence-corrected chi connectivity index (χ0v) is 11.7. The van der Waals surface area contributed by atoms with Gasteiger partial charge in [0, 0.05) is 0 Å². The average Bonchev–Trinajstić information content (AvgIpc) is 2.32. The molecule has 0 aliphatic rings. The van der Waals surface area contributed by atoms with Gasteiger partial charge in [0.2, 0.25) is 0 Å². The Morgan fingerprint density at radius 3 is 1.69 bits per heavy atom. The van der Waals surface area contributed by atoms with Crippen LogP contribution < -0.4 is 0 Å². The molecule has 0 aliphatic carbocycles. The molecule has 0 saturated carbocycles. The summed E-state index contributed by atoms with van der Waals surface area (Å²) in [5, 5.41) is 0. The van der Waals surface area contributed by atoms with Gasteiger partial charge >= 0.3 is 0 Å². The van der Waals surface area contributed by atoms with Crippen LogP contribution in [0.2, 0.25) is 0 Å². The standard InChI is InChI=1S/C14H20P2/c1-3-9-15-11-13-7-5-6-8-14(13)12-16-10-4-2/h3-8,15-16H,1-2,9-12H2. The summed E-state index contributed by atoms with van der Waals surface area (Å²) in [7, 11) is 1.95. The molecule has 0 nitrogen and oxygen atoms in total. The van der Waals surface area contributed by atoms with Crippen LogP contribution in [0.3, 0.4) is 0 Å². The summed E-state index contributed by atoms with van der Waals surface area (Å²) >= 11 is 0. The molecule has 2 atom stereocenters. The summed E-state index contributed by atoms with van der Waals surface area (Å²) in [5.41, 5.74) is 3.05. The Labute approximate surface area is 103 Å². The first kappa shape index (κ1) is 13.6. The SMILES string of the molecule is C=CCPCc1ccccc1CPCC=C. The van der Waals surface area contributed by atoms with Crippen molar-refractivity contribution in [2.45, 2.75) is 12.3 Å². The fourth-order valence-electron chi connectivity index (χ4n) is 1.52. The van der Waals surface area contributed by atoms with E-state index in [9.17, 15) is 0 Å². The molecule has 0 spiro atoms. The maximum Gasteiger partial charge on any atom is -0.00950 e. The molecule has 86 valence electrons. The van der Waals surface area contributed by atoms with E-state index in [-0.39, 0.29) is 0 Å². The van der Waals surface area contributed by atoms with Crippen molar-refractivity contribution in [2.75, 3.05) is 12.3 Å². The third-order valence-electron chi connectivity index (χ3n) is 2.33. The highest BCUT2D eigenvalue weighted by atomic mass is 31.1. The largest absolute Gasteiger partial charge is 0.114 e. The molecule has 0 aliphatic heterocycles. The lowest BCUT2D eigenvalue weighted by atomic mass is 10.1. The van der Waals surface area contributed by atoms with Crippen LogP contribution in [0.5, 0.6) is 0 Å². The molecule has 2 unspecified atom stereocenters. The Hall–Kier alpha value is -0.440. The molecule has 0 radical (unpaired) electrons. The summed E-state index contributed by atoms with van der Waals surface area (Å²) in [6.45, 7) is 7.54. The summed E-state index contributed by atoms with van der Waals surface area (Å²) in [6.07, 6.45) is 8.73. The lowest BCUT2D eigenvalue weighted by molar-refractivity contribution is 1.27. The van der Waals surface area contributed by atoms with Crippen LogP contribution in [0.25, 0.3) is 0 Å². The topological polar surface area (TPSA) is 0 Å². The van der Waals surface area contributed by atoms with Crippen molar-refractivity contribution in [3.05, 3.63) is 60.7 Å². The summed E-state index contributed by atoms with van der Waals surface area (Å²) in [6, 6.07) is 8.83. The van der Waals surface area contributed by atoms with Gasteiger partial charge < -0.3 is 0 Å². The molecule has 0 fully saturated rings. The maximum atomic E-state index is 3.77. The second-order valence-electron chi connectivity index (χ2n) is 3.61. The number of allylic oxidation sites excluding steroid dienone is 2. The first-order valence-electron chi connectivity index (χ1n) is 5.58. The lowest BCUT2D eigenvalue weighted by Gasteiger charge is -2.08. The van der Waals surface area contributed by atoms with Crippen molar-refractivity contribution < 1.29 is 0 Å². The summed E-state index contributed by atoms with van der Waals surface area (Å²) in [5.74, 6) is 0. The van der Waals surface area contributed by atoms with Crippen LogP contribution in [0.1, 0.15) is 11.1 Å². The monoisotopic (exact) mass is 250 g/mol. The van der Waals surface area contributed by atoms with E-state index in [1.807, 2.05) is 12.2 Å². The Kier molecular flexibility index (Phi) is 7.39. The predicted octanol–water partition coefficient (Wildman–Crippen LogP) is 4.42. The van der Waals surface area contributed by atoms with Crippen LogP contribution in [0.15, 0.2) is 49.6 Å². The molecule has 0 saturated heterocycles. The Morgan fingerprint density at radius 1 is 0.875 bits per heavy atom. The number of hydrogen-bond acceptors (Lipinski definition) is 0. The summed E-state index contributed by atoms with van der Waals surface area (Å²) in [4.78, 5) is 0. The lowest BCUT2D eigenvalue weighted by Crippen LogP contribution is -1.89. The minimum absolute atomic E-state index is 0.976. The normalized spacial score (nSPS) is 11.5. The minimum atomic E-state index is 0.976. The number of rotatable bonds is 8. The van der Waals surface area contributed by atoms with Crippen molar-refractivity contribution in [2.24, 2.45) is 0 Å². The molecule has 0 heterocycles. The molecule has 1 aromatic carbocycles. The molecule has 0 amide bonds. The van der Waals surface area contributed by atoms with Gasteiger partial charge in [-0.15, -0.1) is 30.3 Å². The molecule has 1 rings (SSSR count). The Bertz CT molecular complexity index is 298. The molecule has 16 heavy (non-hydrogen) atoms. The van der Waals surface area contributed by atoms with E-state index in [1.54, 1.807) is 0 Å². The predicted molar refractivity (Wildman–Crippen MR) is 80.6 cm³/mol. The van der Waals surface area contributed by atoms with Gasteiger partial charge in [0.25, 0.3) is 0 Å². The van der Waals surface area contributed by atoms with Crippen molar-refractivity contribution >= 4 is 17.2 Å². The van der Waals surface area contributed by atoms with Crippen LogP contribution in [-0.4, -0.2) is 12.3 Å². The van der Waals surface area contributed by atoms with E-state index in [2.05, 4.69) is 37.4 Å². The molecule has 1 aromatic rings. The van der Waals surface area contributed by atoms with Gasteiger partial charge in [-0.25, -0.2) is 0 Å². The van der Waals surface area contributed by atoms with E-state index in [1.165, 1.54) is 23.5 Å². The first-order chi connectivity index (χ1) is 7.88. The van der Waals surface area contributed by atoms with Crippen molar-refractivity contribution in [1.29, 1.82) is 0 Å². The van der Waals surface area contributed by atoms with Crippen LogP contribution in [-0.2, 0) is 12.3 Å². The molecular weight excluding hydrogens is 230 g/mol. The van der Waals surface area contributed by atoms with Gasteiger partial charge in [0.15, 0.2) is 0 Å². The smallest absolute Gasteiger partial charge is 0.00950 e. The van der Waals surface area contributed by atoms with Crippen LogP contribution in [0.4, 0.5) is 0 Å². The molecule has 2 heteroatoms. The number of benzene rings is 1. The Morgan fingerprint density at radius 2 is 1.31 bits per heavy atom. The zero-order valence-electron chi connectivity index (χ0n) is 9.71. The van der Waals surface area contributed by atoms with Crippen molar-refractivity contribution in [1.82, 2.24) is 0 Å². The van der Waals surface area contributed by atoms with Gasteiger partial charge in [0.05, 0.1) is 0 Å². The third kappa shape index (κ3) is 5.06. The van der Waals surface area contributed by atoms with Gasteiger partial charge in [-0.2, -0.15) is 0 Å². The second-order valence-corrected chi connectivity index (χ2v) is 6.13. The van der Waals surface area contributed by atoms with Crippen molar-refractivity contribution in [3.63, 3.8) is 0 Å². The fourth-order valence-corrected chi connectivity index (χ4v) is 3.45.